The van der Waals surface area contributed by atoms with Crippen molar-refractivity contribution in [3.63, 3.8) is 0 Å². The zero-order valence-electron chi connectivity index (χ0n) is 17.8. The van der Waals surface area contributed by atoms with E-state index in [1.54, 1.807) is 55.5 Å². The monoisotopic (exact) mass is 508 g/mol. The van der Waals surface area contributed by atoms with Gasteiger partial charge >= 0.3 is 5.91 Å². The number of hydrazine groups is 1. The number of amides is 3. The Kier molecular flexibility index (Phi) is 6.69. The summed E-state index contributed by atoms with van der Waals surface area (Å²) in [5.41, 5.74) is 10.2. The smallest absolute Gasteiger partial charge is 0.305 e. The third-order valence-electron chi connectivity index (χ3n) is 5.27. The van der Waals surface area contributed by atoms with Crippen LogP contribution in [0, 0.1) is 6.92 Å². The molecular formula is C24H21BrN4O4. The number of rotatable bonds is 4. The normalized spacial score (nSPS) is 13.8. The Labute approximate surface area is 198 Å². The molecule has 168 valence electrons. The van der Waals surface area contributed by atoms with Crippen LogP contribution in [0.5, 0.6) is 0 Å². The molecule has 0 fully saturated rings. The molecule has 9 heteroatoms. The summed E-state index contributed by atoms with van der Waals surface area (Å²) in [4.78, 5) is 37.4. The van der Waals surface area contributed by atoms with E-state index in [-0.39, 0.29) is 11.7 Å². The van der Waals surface area contributed by atoms with Crippen LogP contribution in [0.15, 0.2) is 68.6 Å². The van der Waals surface area contributed by atoms with Crippen molar-refractivity contribution in [3.05, 3.63) is 92.8 Å². The summed E-state index contributed by atoms with van der Waals surface area (Å²) < 4.78 is 6.48. The van der Waals surface area contributed by atoms with Crippen LogP contribution in [0.2, 0.25) is 0 Å². The minimum absolute atomic E-state index is 0.0973. The molecule has 1 aromatic heterocycles. The van der Waals surface area contributed by atoms with E-state index in [0.29, 0.717) is 51.0 Å². The number of carbonyl (C=O) groups excluding carboxylic acids is 3. The first-order valence-corrected chi connectivity index (χ1v) is 11.1. The number of hydrogen-bond donors (Lipinski definition) is 3. The van der Waals surface area contributed by atoms with Gasteiger partial charge in [0.15, 0.2) is 5.76 Å². The van der Waals surface area contributed by atoms with Crippen LogP contribution in [0.3, 0.4) is 0 Å². The van der Waals surface area contributed by atoms with E-state index >= 15 is 0 Å². The van der Waals surface area contributed by atoms with E-state index in [4.69, 9.17) is 4.42 Å². The lowest BCUT2D eigenvalue weighted by Crippen LogP contribution is -2.41. The standard InChI is InChI=1S/C24H21BrN4O4/c1-14-20-18(26-28-23(31)16-10-5-6-11-17(16)25)12-7-13-19(20)33-21(14)24(32)29-27-22(30)15-8-3-2-4-9-15/h2-6,8-11H,7,12-13H2,1H3,(H,27,30)(H,28,31)(H,29,32)/b26-18+. The number of hydrazone groups is 1. The molecule has 3 amide bonds. The van der Waals surface area contributed by atoms with Crippen LogP contribution in [0.1, 0.15) is 61.0 Å². The van der Waals surface area contributed by atoms with Gasteiger partial charge in [-0.15, -0.1) is 0 Å². The maximum absolute atomic E-state index is 12.7. The molecule has 0 radical (unpaired) electrons. The fourth-order valence-corrected chi connectivity index (χ4v) is 4.12. The van der Waals surface area contributed by atoms with Crippen LogP contribution < -0.4 is 16.3 Å². The Bertz CT molecular complexity index is 1250. The number of halogens is 1. The summed E-state index contributed by atoms with van der Waals surface area (Å²) >= 11 is 3.36. The van der Waals surface area contributed by atoms with Gasteiger partial charge in [-0.05, 0) is 60.0 Å². The van der Waals surface area contributed by atoms with Gasteiger partial charge < -0.3 is 4.42 Å². The molecule has 2 aromatic carbocycles. The van der Waals surface area contributed by atoms with E-state index in [1.807, 2.05) is 6.07 Å². The SMILES string of the molecule is Cc1c(C(=O)NNC(=O)c2ccccc2)oc2c1/C(=N/NC(=O)c1ccccc1Br)CCC2. The predicted octanol–water partition coefficient (Wildman–Crippen LogP) is 3.90. The maximum atomic E-state index is 12.7. The summed E-state index contributed by atoms with van der Waals surface area (Å²) in [6, 6.07) is 15.6. The first-order chi connectivity index (χ1) is 16.0. The van der Waals surface area contributed by atoms with Crippen LogP contribution in [0.25, 0.3) is 0 Å². The molecule has 0 saturated heterocycles. The van der Waals surface area contributed by atoms with Gasteiger partial charge in [-0.2, -0.15) is 5.10 Å². The largest absolute Gasteiger partial charge is 0.455 e. The Balaban J connectivity index is 1.49. The molecule has 0 saturated carbocycles. The highest BCUT2D eigenvalue weighted by Gasteiger charge is 2.28. The zero-order valence-corrected chi connectivity index (χ0v) is 19.4. The van der Waals surface area contributed by atoms with Crippen molar-refractivity contribution >= 4 is 39.4 Å². The number of hydrogen-bond acceptors (Lipinski definition) is 5. The minimum atomic E-state index is -0.567. The predicted molar refractivity (Wildman–Crippen MR) is 126 cm³/mol. The number of benzene rings is 2. The molecule has 1 aliphatic rings. The quantitative estimate of drug-likeness (QED) is 0.463. The van der Waals surface area contributed by atoms with Crippen molar-refractivity contribution in [2.24, 2.45) is 5.10 Å². The van der Waals surface area contributed by atoms with Crippen LogP contribution in [-0.4, -0.2) is 23.4 Å². The van der Waals surface area contributed by atoms with Crippen molar-refractivity contribution in [2.45, 2.75) is 26.2 Å². The van der Waals surface area contributed by atoms with Gasteiger partial charge in [-0.3, -0.25) is 25.2 Å². The first kappa shape index (κ1) is 22.5. The van der Waals surface area contributed by atoms with Gasteiger partial charge in [-0.25, -0.2) is 5.43 Å². The molecule has 0 unspecified atom stereocenters. The Morgan fingerprint density at radius 1 is 0.909 bits per heavy atom. The third kappa shape index (κ3) is 4.88. The molecule has 3 N–H and O–H groups in total. The van der Waals surface area contributed by atoms with Gasteiger partial charge in [0.1, 0.15) is 5.76 Å². The molecule has 4 rings (SSSR count). The topological polar surface area (TPSA) is 113 Å². The van der Waals surface area contributed by atoms with E-state index in [1.165, 1.54) is 0 Å². The molecule has 0 atom stereocenters. The van der Waals surface area contributed by atoms with Gasteiger partial charge in [0, 0.05) is 27.6 Å². The van der Waals surface area contributed by atoms with Crippen LogP contribution >= 0.6 is 15.9 Å². The minimum Gasteiger partial charge on any atom is -0.455 e. The van der Waals surface area contributed by atoms with Crippen LogP contribution in [-0.2, 0) is 6.42 Å². The average molecular weight is 509 g/mol. The Morgan fingerprint density at radius 3 is 2.36 bits per heavy atom. The molecule has 1 heterocycles. The lowest BCUT2D eigenvalue weighted by molar-refractivity contribution is 0.0829. The highest BCUT2D eigenvalue weighted by atomic mass is 79.9. The second-order valence-electron chi connectivity index (χ2n) is 7.46. The van der Waals surface area contributed by atoms with Crippen molar-refractivity contribution in [1.82, 2.24) is 16.3 Å². The molecule has 3 aromatic rings. The molecular weight excluding hydrogens is 488 g/mol. The van der Waals surface area contributed by atoms with Gasteiger partial charge in [0.05, 0.1) is 11.3 Å². The van der Waals surface area contributed by atoms with E-state index in [2.05, 4.69) is 37.3 Å². The van der Waals surface area contributed by atoms with Crippen LogP contribution in [0.4, 0.5) is 0 Å². The fourth-order valence-electron chi connectivity index (χ4n) is 3.65. The summed E-state index contributed by atoms with van der Waals surface area (Å²) in [7, 11) is 0. The second-order valence-corrected chi connectivity index (χ2v) is 8.32. The number of nitrogens with zero attached hydrogens (tertiary/aromatic N) is 1. The van der Waals surface area contributed by atoms with E-state index in [0.717, 1.165) is 6.42 Å². The van der Waals surface area contributed by atoms with E-state index < -0.39 is 11.8 Å². The summed E-state index contributed by atoms with van der Waals surface area (Å²) in [5.74, 6) is -0.616. The third-order valence-corrected chi connectivity index (χ3v) is 5.96. The van der Waals surface area contributed by atoms with Crippen molar-refractivity contribution in [2.75, 3.05) is 0 Å². The van der Waals surface area contributed by atoms with Crippen molar-refractivity contribution in [1.29, 1.82) is 0 Å². The highest BCUT2D eigenvalue weighted by molar-refractivity contribution is 9.10. The van der Waals surface area contributed by atoms with E-state index in [9.17, 15) is 14.4 Å². The lowest BCUT2D eigenvalue weighted by Gasteiger charge is -2.13. The molecule has 8 nitrogen and oxygen atoms in total. The van der Waals surface area contributed by atoms with Crippen molar-refractivity contribution in [3.8, 4) is 0 Å². The lowest BCUT2D eigenvalue weighted by atomic mass is 9.93. The Morgan fingerprint density at radius 2 is 1.61 bits per heavy atom. The first-order valence-electron chi connectivity index (χ1n) is 10.4. The number of nitrogens with one attached hydrogen (secondary N) is 3. The number of carbonyl (C=O) groups is 3. The van der Waals surface area contributed by atoms with Gasteiger partial charge in [0.25, 0.3) is 11.8 Å². The summed E-state index contributed by atoms with van der Waals surface area (Å²) in [5, 5.41) is 4.32. The number of aryl methyl sites for hydroxylation is 1. The molecule has 0 aliphatic heterocycles. The zero-order chi connectivity index (χ0) is 23.4. The number of fused-ring (bicyclic) bond motifs is 1. The van der Waals surface area contributed by atoms with Crippen molar-refractivity contribution < 1.29 is 18.8 Å². The highest BCUT2D eigenvalue weighted by Crippen LogP contribution is 2.30. The van der Waals surface area contributed by atoms with Gasteiger partial charge in [0.2, 0.25) is 0 Å². The number of furan rings is 1. The molecule has 0 spiro atoms. The molecule has 33 heavy (non-hydrogen) atoms. The Hall–Kier alpha value is -3.72. The van der Waals surface area contributed by atoms with Gasteiger partial charge in [-0.1, -0.05) is 30.3 Å². The molecule has 0 bridgehead atoms. The summed E-state index contributed by atoms with van der Waals surface area (Å²) in [6.07, 6.45) is 2.06. The average Bonchev–Trinajstić information content (AvgIpc) is 3.18. The summed E-state index contributed by atoms with van der Waals surface area (Å²) in [6.45, 7) is 1.76. The fraction of sp³-hybridized carbons (Fsp3) is 0.167. The second kappa shape index (κ2) is 9.83. The molecule has 1 aliphatic carbocycles. The maximum Gasteiger partial charge on any atom is 0.305 e.